The van der Waals surface area contributed by atoms with Gasteiger partial charge in [-0.3, -0.25) is 4.79 Å². The molecule has 1 fully saturated rings. The van der Waals surface area contributed by atoms with Gasteiger partial charge in [-0.05, 0) is 38.4 Å². The predicted molar refractivity (Wildman–Crippen MR) is 71.4 cm³/mol. The van der Waals surface area contributed by atoms with E-state index in [0.29, 0.717) is 12.3 Å². The van der Waals surface area contributed by atoms with E-state index in [0.717, 1.165) is 39.0 Å². The van der Waals surface area contributed by atoms with Crippen molar-refractivity contribution in [2.24, 2.45) is 0 Å². The minimum Gasteiger partial charge on any atom is -0.341 e. The number of amides is 1. The standard InChI is InChI=1S/C13H20N2OS/c1-11-3-4-12(17-11)5-6-13(16)15-9-2-7-14-8-10-15/h3-4,14H,2,5-10H2,1H3. The van der Waals surface area contributed by atoms with Crippen LogP contribution in [0.3, 0.4) is 0 Å². The van der Waals surface area contributed by atoms with Crippen LogP contribution < -0.4 is 5.32 Å². The van der Waals surface area contributed by atoms with Crippen molar-refractivity contribution in [3.05, 3.63) is 21.9 Å². The van der Waals surface area contributed by atoms with Gasteiger partial charge in [-0.25, -0.2) is 0 Å². The number of aryl methyl sites for hydroxylation is 2. The van der Waals surface area contributed by atoms with Gasteiger partial charge in [0, 0.05) is 35.8 Å². The number of carbonyl (C=O) groups excluding carboxylic acids is 1. The van der Waals surface area contributed by atoms with E-state index in [4.69, 9.17) is 0 Å². The summed E-state index contributed by atoms with van der Waals surface area (Å²) >= 11 is 1.80. The Kier molecular flexibility index (Phi) is 4.57. The van der Waals surface area contributed by atoms with Crippen molar-refractivity contribution in [2.75, 3.05) is 26.2 Å². The van der Waals surface area contributed by atoms with Crippen LogP contribution in [-0.2, 0) is 11.2 Å². The van der Waals surface area contributed by atoms with Crippen LogP contribution in [-0.4, -0.2) is 37.0 Å². The Bertz CT molecular complexity index is 367. The second-order valence-electron chi connectivity index (χ2n) is 4.50. The van der Waals surface area contributed by atoms with Crippen LogP contribution in [0.1, 0.15) is 22.6 Å². The molecule has 0 bridgehead atoms. The second-order valence-corrected chi connectivity index (χ2v) is 5.87. The highest BCUT2D eigenvalue weighted by atomic mass is 32.1. The molecular formula is C13H20N2OS. The molecule has 0 saturated carbocycles. The predicted octanol–water partition coefficient (Wildman–Crippen LogP) is 1.81. The fourth-order valence-electron chi connectivity index (χ4n) is 2.10. The zero-order valence-corrected chi connectivity index (χ0v) is 11.2. The van der Waals surface area contributed by atoms with E-state index in [-0.39, 0.29) is 0 Å². The summed E-state index contributed by atoms with van der Waals surface area (Å²) in [4.78, 5) is 16.7. The van der Waals surface area contributed by atoms with Crippen LogP contribution in [0.5, 0.6) is 0 Å². The Labute approximate surface area is 107 Å². The molecule has 1 saturated heterocycles. The van der Waals surface area contributed by atoms with E-state index in [2.05, 4.69) is 24.4 Å². The summed E-state index contributed by atoms with van der Waals surface area (Å²) in [5, 5.41) is 3.32. The van der Waals surface area contributed by atoms with Crippen LogP contribution in [0, 0.1) is 6.92 Å². The summed E-state index contributed by atoms with van der Waals surface area (Å²) in [5.74, 6) is 0.305. The van der Waals surface area contributed by atoms with Gasteiger partial charge in [-0.2, -0.15) is 0 Å². The molecule has 0 aromatic carbocycles. The smallest absolute Gasteiger partial charge is 0.222 e. The molecule has 1 N–H and O–H groups in total. The molecule has 3 nitrogen and oxygen atoms in total. The Hall–Kier alpha value is -0.870. The van der Waals surface area contributed by atoms with Crippen LogP contribution in [0.25, 0.3) is 0 Å². The molecule has 0 unspecified atom stereocenters. The highest BCUT2D eigenvalue weighted by Crippen LogP contribution is 2.17. The lowest BCUT2D eigenvalue weighted by Crippen LogP contribution is -2.34. The number of carbonyl (C=O) groups is 1. The van der Waals surface area contributed by atoms with Crippen LogP contribution in [0.4, 0.5) is 0 Å². The van der Waals surface area contributed by atoms with Gasteiger partial charge in [0.25, 0.3) is 0 Å². The first-order valence-corrected chi connectivity index (χ1v) is 7.11. The largest absolute Gasteiger partial charge is 0.341 e. The SMILES string of the molecule is Cc1ccc(CCC(=O)N2CCCNCC2)s1. The zero-order chi connectivity index (χ0) is 12.1. The van der Waals surface area contributed by atoms with E-state index in [1.165, 1.54) is 9.75 Å². The fraction of sp³-hybridized carbons (Fsp3) is 0.615. The zero-order valence-electron chi connectivity index (χ0n) is 10.4. The Morgan fingerprint density at radius 3 is 3.06 bits per heavy atom. The van der Waals surface area contributed by atoms with Gasteiger partial charge in [0.05, 0.1) is 0 Å². The Morgan fingerprint density at radius 1 is 1.41 bits per heavy atom. The first-order valence-electron chi connectivity index (χ1n) is 6.29. The third-order valence-electron chi connectivity index (χ3n) is 3.07. The maximum absolute atomic E-state index is 12.0. The molecule has 2 rings (SSSR count). The summed E-state index contributed by atoms with van der Waals surface area (Å²) in [6.45, 7) is 5.85. The van der Waals surface area contributed by atoms with E-state index in [1.54, 1.807) is 11.3 Å². The average molecular weight is 252 g/mol. The minimum absolute atomic E-state index is 0.305. The van der Waals surface area contributed by atoms with Crippen LogP contribution in [0.15, 0.2) is 12.1 Å². The van der Waals surface area contributed by atoms with Crippen molar-refractivity contribution in [1.82, 2.24) is 10.2 Å². The summed E-state index contributed by atoms with van der Waals surface area (Å²) in [7, 11) is 0. The Balaban J connectivity index is 1.79. The molecule has 94 valence electrons. The van der Waals surface area contributed by atoms with Gasteiger partial charge in [-0.15, -0.1) is 11.3 Å². The van der Waals surface area contributed by atoms with E-state index in [9.17, 15) is 4.79 Å². The average Bonchev–Trinajstić information content (AvgIpc) is 2.58. The molecule has 1 amide bonds. The molecule has 0 spiro atoms. The number of nitrogens with zero attached hydrogens (tertiary/aromatic N) is 1. The third kappa shape index (κ3) is 3.82. The summed E-state index contributed by atoms with van der Waals surface area (Å²) in [6, 6.07) is 4.26. The maximum Gasteiger partial charge on any atom is 0.222 e. The second kappa shape index (κ2) is 6.17. The monoisotopic (exact) mass is 252 g/mol. The van der Waals surface area contributed by atoms with Gasteiger partial charge >= 0.3 is 0 Å². The number of rotatable bonds is 3. The van der Waals surface area contributed by atoms with Gasteiger partial charge < -0.3 is 10.2 Å². The first kappa shape index (κ1) is 12.6. The molecule has 0 aliphatic carbocycles. The number of thiophene rings is 1. The maximum atomic E-state index is 12.0. The molecule has 17 heavy (non-hydrogen) atoms. The van der Waals surface area contributed by atoms with Gasteiger partial charge in [0.15, 0.2) is 0 Å². The van der Waals surface area contributed by atoms with Gasteiger partial charge in [-0.1, -0.05) is 0 Å². The molecule has 1 aromatic heterocycles. The van der Waals surface area contributed by atoms with Crippen molar-refractivity contribution in [3.8, 4) is 0 Å². The quantitative estimate of drug-likeness (QED) is 0.890. The number of nitrogens with one attached hydrogen (secondary N) is 1. The fourth-order valence-corrected chi connectivity index (χ4v) is 2.99. The molecule has 1 aromatic rings. The molecule has 2 heterocycles. The van der Waals surface area contributed by atoms with Crippen LogP contribution in [0.2, 0.25) is 0 Å². The number of hydrogen-bond donors (Lipinski definition) is 1. The normalized spacial score (nSPS) is 16.9. The lowest BCUT2D eigenvalue weighted by Gasteiger charge is -2.19. The lowest BCUT2D eigenvalue weighted by atomic mass is 10.2. The molecule has 0 radical (unpaired) electrons. The highest BCUT2D eigenvalue weighted by molar-refractivity contribution is 7.11. The summed E-state index contributed by atoms with van der Waals surface area (Å²) in [6.07, 6.45) is 2.62. The van der Waals surface area contributed by atoms with Crippen molar-refractivity contribution in [3.63, 3.8) is 0 Å². The van der Waals surface area contributed by atoms with E-state index < -0.39 is 0 Å². The Morgan fingerprint density at radius 2 is 2.29 bits per heavy atom. The highest BCUT2D eigenvalue weighted by Gasteiger charge is 2.14. The first-order chi connectivity index (χ1) is 8.25. The summed E-state index contributed by atoms with van der Waals surface area (Å²) in [5.41, 5.74) is 0. The minimum atomic E-state index is 0.305. The molecular weight excluding hydrogens is 232 g/mol. The topological polar surface area (TPSA) is 32.3 Å². The van der Waals surface area contributed by atoms with Crippen molar-refractivity contribution >= 4 is 17.2 Å². The van der Waals surface area contributed by atoms with E-state index in [1.807, 2.05) is 4.90 Å². The van der Waals surface area contributed by atoms with Crippen molar-refractivity contribution in [2.45, 2.75) is 26.2 Å². The lowest BCUT2D eigenvalue weighted by molar-refractivity contribution is -0.130. The summed E-state index contributed by atoms with van der Waals surface area (Å²) < 4.78 is 0. The van der Waals surface area contributed by atoms with Crippen LogP contribution >= 0.6 is 11.3 Å². The number of hydrogen-bond acceptors (Lipinski definition) is 3. The van der Waals surface area contributed by atoms with E-state index >= 15 is 0 Å². The molecule has 0 atom stereocenters. The van der Waals surface area contributed by atoms with Crippen molar-refractivity contribution < 1.29 is 4.79 Å². The van der Waals surface area contributed by atoms with Gasteiger partial charge in [0.2, 0.25) is 5.91 Å². The third-order valence-corrected chi connectivity index (χ3v) is 4.13. The molecule has 1 aliphatic heterocycles. The molecule has 1 aliphatic rings. The molecule has 4 heteroatoms. The van der Waals surface area contributed by atoms with Gasteiger partial charge in [0.1, 0.15) is 0 Å². The van der Waals surface area contributed by atoms with Crippen molar-refractivity contribution in [1.29, 1.82) is 0 Å².